The summed E-state index contributed by atoms with van der Waals surface area (Å²) in [6.45, 7) is 7.13. The second kappa shape index (κ2) is 8.39. The van der Waals surface area contributed by atoms with Crippen LogP contribution in [-0.2, 0) is 0 Å². The maximum Gasteiger partial charge on any atom is 0.144 e. The minimum atomic E-state index is -0.245. The molecule has 0 unspecified atom stereocenters. The molecule has 21 heavy (non-hydrogen) atoms. The number of hydrogen-bond donors (Lipinski definition) is 3. The Morgan fingerprint density at radius 3 is 2.76 bits per heavy atom. The molecule has 1 rings (SSSR count). The molecule has 0 aromatic heterocycles. The van der Waals surface area contributed by atoms with Gasteiger partial charge in [-0.2, -0.15) is 0 Å². The molecule has 0 saturated carbocycles. The zero-order valence-electron chi connectivity index (χ0n) is 13.1. The highest BCUT2D eigenvalue weighted by atomic mass is 79.9. The highest BCUT2D eigenvalue weighted by Gasteiger charge is 2.22. The minimum Gasteiger partial charge on any atom is -0.409 e. The van der Waals surface area contributed by atoms with Crippen LogP contribution in [0.3, 0.4) is 0 Å². The van der Waals surface area contributed by atoms with Gasteiger partial charge < -0.3 is 16.3 Å². The molecule has 0 amide bonds. The van der Waals surface area contributed by atoms with Gasteiger partial charge in [0.25, 0.3) is 0 Å². The summed E-state index contributed by atoms with van der Waals surface area (Å²) in [7, 11) is 0. The van der Waals surface area contributed by atoms with Crippen LogP contribution in [0.2, 0.25) is 0 Å². The Kier molecular flexibility index (Phi) is 7.18. The van der Waals surface area contributed by atoms with Gasteiger partial charge in [-0.1, -0.05) is 53.5 Å². The Labute approximate surface area is 135 Å². The smallest absolute Gasteiger partial charge is 0.144 e. The van der Waals surface area contributed by atoms with Crippen molar-refractivity contribution in [1.82, 2.24) is 5.32 Å². The normalized spacial score (nSPS) is 14.2. The predicted molar refractivity (Wildman–Crippen MR) is 91.6 cm³/mol. The Balaban J connectivity index is 2.29. The molecular formula is C16H26BrN3O. The number of nitrogens with two attached hydrogens (primary N) is 1. The lowest BCUT2D eigenvalue weighted by atomic mass is 9.86. The van der Waals surface area contributed by atoms with Gasteiger partial charge in [-0.05, 0) is 44.0 Å². The predicted octanol–water partition coefficient (Wildman–Crippen LogP) is 4.04. The van der Waals surface area contributed by atoms with E-state index in [9.17, 15) is 0 Å². The first-order valence-electron chi connectivity index (χ1n) is 7.33. The van der Waals surface area contributed by atoms with Gasteiger partial charge in [-0.15, -0.1) is 0 Å². The van der Waals surface area contributed by atoms with Crippen LogP contribution >= 0.6 is 15.9 Å². The number of unbranched alkanes of at least 4 members (excludes halogenated alkanes) is 1. The zero-order valence-corrected chi connectivity index (χ0v) is 14.7. The van der Waals surface area contributed by atoms with Crippen LogP contribution in [-0.4, -0.2) is 17.6 Å². The summed E-state index contributed by atoms with van der Waals surface area (Å²) in [5.41, 5.74) is 6.72. The largest absolute Gasteiger partial charge is 0.409 e. The van der Waals surface area contributed by atoms with E-state index in [0.717, 1.165) is 30.3 Å². The summed E-state index contributed by atoms with van der Waals surface area (Å²) in [5.74, 6) is 0.304. The van der Waals surface area contributed by atoms with Gasteiger partial charge in [-0.3, -0.25) is 0 Å². The molecule has 118 valence electrons. The first-order chi connectivity index (χ1) is 9.86. The third kappa shape index (κ3) is 6.06. The monoisotopic (exact) mass is 355 g/mol. The Hall–Kier alpha value is -1.07. The van der Waals surface area contributed by atoms with Crippen LogP contribution in [0.4, 0.5) is 0 Å². The molecule has 4 N–H and O–H groups in total. The fraction of sp³-hybridized carbons (Fsp3) is 0.562. The van der Waals surface area contributed by atoms with E-state index >= 15 is 0 Å². The molecule has 4 nitrogen and oxygen atoms in total. The number of nitrogens with zero attached hydrogens (tertiary/aromatic N) is 1. The van der Waals surface area contributed by atoms with Crippen LogP contribution in [0.25, 0.3) is 0 Å². The molecule has 1 atom stereocenters. The van der Waals surface area contributed by atoms with E-state index in [4.69, 9.17) is 10.9 Å². The number of hydrogen-bond acceptors (Lipinski definition) is 3. The number of oxime groups is 1. The highest BCUT2D eigenvalue weighted by Crippen LogP contribution is 2.23. The molecule has 0 saturated heterocycles. The number of benzene rings is 1. The van der Waals surface area contributed by atoms with E-state index in [2.05, 4.69) is 51.5 Å². The van der Waals surface area contributed by atoms with Gasteiger partial charge in [-0.25, -0.2) is 0 Å². The molecule has 0 aliphatic carbocycles. The van der Waals surface area contributed by atoms with E-state index in [1.54, 1.807) is 0 Å². The molecule has 0 fully saturated rings. The SMILES string of the molecule is C[C@H](NCCCCC(C)(C)/C(N)=N/O)c1cccc(Br)c1. The number of nitrogens with one attached hydrogen (secondary N) is 1. The van der Waals surface area contributed by atoms with Gasteiger partial charge in [0.15, 0.2) is 0 Å². The first-order valence-corrected chi connectivity index (χ1v) is 8.13. The second-order valence-corrected chi connectivity index (χ2v) is 6.97. The van der Waals surface area contributed by atoms with Crippen molar-refractivity contribution >= 4 is 21.8 Å². The molecule has 1 aromatic carbocycles. The maximum absolute atomic E-state index is 8.74. The van der Waals surface area contributed by atoms with Crippen molar-refractivity contribution in [1.29, 1.82) is 0 Å². The summed E-state index contributed by atoms with van der Waals surface area (Å²) in [5, 5.41) is 15.4. The van der Waals surface area contributed by atoms with Crippen LogP contribution in [0.15, 0.2) is 33.9 Å². The third-order valence-corrected chi connectivity index (χ3v) is 4.32. The van der Waals surface area contributed by atoms with E-state index in [0.29, 0.717) is 11.9 Å². The van der Waals surface area contributed by atoms with Crippen molar-refractivity contribution in [3.63, 3.8) is 0 Å². The quantitative estimate of drug-likeness (QED) is 0.216. The van der Waals surface area contributed by atoms with Crippen LogP contribution in [0.1, 0.15) is 51.6 Å². The lowest BCUT2D eigenvalue weighted by Gasteiger charge is -2.22. The van der Waals surface area contributed by atoms with Gasteiger partial charge in [0.05, 0.1) is 0 Å². The van der Waals surface area contributed by atoms with Crippen molar-refractivity contribution < 1.29 is 5.21 Å². The van der Waals surface area contributed by atoms with Gasteiger partial charge >= 0.3 is 0 Å². The summed E-state index contributed by atoms with van der Waals surface area (Å²) >= 11 is 3.49. The molecule has 0 aliphatic heterocycles. The third-order valence-electron chi connectivity index (χ3n) is 3.83. The van der Waals surface area contributed by atoms with E-state index in [-0.39, 0.29) is 5.41 Å². The fourth-order valence-electron chi connectivity index (χ4n) is 2.17. The lowest BCUT2D eigenvalue weighted by Crippen LogP contribution is -2.32. The van der Waals surface area contributed by atoms with Crippen LogP contribution < -0.4 is 11.1 Å². The number of halogens is 1. The molecule has 1 aromatic rings. The summed E-state index contributed by atoms with van der Waals surface area (Å²) < 4.78 is 1.11. The second-order valence-electron chi connectivity index (χ2n) is 6.06. The zero-order chi connectivity index (χ0) is 15.9. The van der Waals surface area contributed by atoms with Gasteiger partial charge in [0.1, 0.15) is 5.84 Å². The molecule has 0 aliphatic rings. The van der Waals surface area contributed by atoms with Crippen molar-refractivity contribution in [3.05, 3.63) is 34.3 Å². The van der Waals surface area contributed by atoms with Crippen molar-refractivity contribution in [2.45, 2.75) is 46.1 Å². The molecule has 0 heterocycles. The topological polar surface area (TPSA) is 70.6 Å². The number of rotatable bonds is 8. The Morgan fingerprint density at radius 1 is 1.43 bits per heavy atom. The Morgan fingerprint density at radius 2 is 2.14 bits per heavy atom. The van der Waals surface area contributed by atoms with E-state index in [1.165, 1.54) is 5.56 Å². The van der Waals surface area contributed by atoms with E-state index in [1.807, 2.05) is 19.9 Å². The van der Waals surface area contributed by atoms with Crippen molar-refractivity contribution in [3.8, 4) is 0 Å². The van der Waals surface area contributed by atoms with Crippen molar-refractivity contribution in [2.75, 3.05) is 6.54 Å². The Bertz CT molecular complexity index is 474. The number of amidine groups is 1. The molecular weight excluding hydrogens is 330 g/mol. The first kappa shape index (κ1) is 18.0. The lowest BCUT2D eigenvalue weighted by molar-refractivity contribution is 0.304. The summed E-state index contributed by atoms with van der Waals surface area (Å²) in [4.78, 5) is 0. The minimum absolute atomic E-state index is 0.245. The van der Waals surface area contributed by atoms with Gasteiger partial charge in [0, 0.05) is 15.9 Å². The standard InChI is InChI=1S/C16H26BrN3O/c1-12(13-7-6-8-14(17)11-13)19-10-5-4-9-16(2,3)15(18)20-21/h6-8,11-12,19,21H,4-5,9-10H2,1-3H3,(H2,18,20)/t12-/m0/s1. The highest BCUT2D eigenvalue weighted by molar-refractivity contribution is 9.10. The maximum atomic E-state index is 8.74. The fourth-order valence-corrected chi connectivity index (χ4v) is 2.58. The average molecular weight is 356 g/mol. The molecule has 0 bridgehead atoms. The van der Waals surface area contributed by atoms with Crippen molar-refractivity contribution in [2.24, 2.45) is 16.3 Å². The molecule has 0 radical (unpaired) electrons. The van der Waals surface area contributed by atoms with Crippen LogP contribution in [0, 0.1) is 5.41 Å². The summed E-state index contributed by atoms with van der Waals surface area (Å²) in [6.07, 6.45) is 3.03. The van der Waals surface area contributed by atoms with E-state index < -0.39 is 0 Å². The average Bonchev–Trinajstić information content (AvgIpc) is 2.45. The molecule has 5 heteroatoms. The summed E-state index contributed by atoms with van der Waals surface area (Å²) in [6, 6.07) is 8.69. The van der Waals surface area contributed by atoms with Gasteiger partial charge in [0.2, 0.25) is 0 Å². The van der Waals surface area contributed by atoms with Crippen LogP contribution in [0.5, 0.6) is 0 Å². The molecule has 0 spiro atoms.